The van der Waals surface area contributed by atoms with E-state index in [-0.39, 0.29) is 30.2 Å². The Bertz CT molecular complexity index is 1080. The highest BCUT2D eigenvalue weighted by Gasteiger charge is 2.31. The molecule has 0 aliphatic carbocycles. The summed E-state index contributed by atoms with van der Waals surface area (Å²) < 4.78 is 61.9. The molecule has 168 valence electrons. The van der Waals surface area contributed by atoms with E-state index in [1.54, 1.807) is 0 Å². The van der Waals surface area contributed by atoms with Gasteiger partial charge in [-0.15, -0.1) is 4.83 Å². The molecule has 0 radical (unpaired) electrons. The van der Waals surface area contributed by atoms with Gasteiger partial charge in [-0.1, -0.05) is 17.7 Å². The van der Waals surface area contributed by atoms with E-state index in [1.807, 2.05) is 10.3 Å². The summed E-state index contributed by atoms with van der Waals surface area (Å²) in [5.74, 6) is -0.705. The lowest BCUT2D eigenvalue weighted by molar-refractivity contribution is -0.385. The van der Waals surface area contributed by atoms with Crippen molar-refractivity contribution in [2.45, 2.75) is 23.9 Å². The molecule has 1 aromatic heterocycles. The molecule has 31 heavy (non-hydrogen) atoms. The van der Waals surface area contributed by atoms with Gasteiger partial charge < -0.3 is 5.32 Å². The normalized spacial score (nSPS) is 11.7. The van der Waals surface area contributed by atoms with Gasteiger partial charge in [-0.25, -0.2) is 13.4 Å². The Balaban J connectivity index is 1.81. The van der Waals surface area contributed by atoms with Gasteiger partial charge in [0.25, 0.3) is 15.7 Å². The number of aromatic nitrogens is 1. The molecule has 0 unspecified atom stereocenters. The first-order chi connectivity index (χ1) is 14.4. The Hall–Kier alpha value is -2.97. The number of benzene rings is 1. The number of hydrazine groups is 1. The number of hydrogen-bond acceptors (Lipinski definition) is 7. The molecule has 0 spiro atoms. The third-order valence-corrected chi connectivity index (χ3v) is 5.24. The number of pyridine rings is 1. The van der Waals surface area contributed by atoms with Crippen LogP contribution in [0.25, 0.3) is 0 Å². The minimum absolute atomic E-state index is 0.00134. The van der Waals surface area contributed by atoms with Crippen LogP contribution in [0.3, 0.4) is 0 Å². The second-order valence-electron chi connectivity index (χ2n) is 5.99. The highest BCUT2D eigenvalue weighted by atomic mass is 35.5. The Morgan fingerprint density at radius 3 is 2.58 bits per heavy atom. The van der Waals surface area contributed by atoms with Crippen molar-refractivity contribution in [3.05, 3.63) is 57.2 Å². The third kappa shape index (κ3) is 7.04. The number of halogens is 4. The number of hydrogen-bond donors (Lipinski definition) is 3. The first-order valence-electron chi connectivity index (χ1n) is 8.42. The van der Waals surface area contributed by atoms with Crippen molar-refractivity contribution in [3.8, 4) is 0 Å². The molecule has 10 nitrogen and oxygen atoms in total. The van der Waals surface area contributed by atoms with Crippen molar-refractivity contribution >= 4 is 39.0 Å². The van der Waals surface area contributed by atoms with Gasteiger partial charge in [0.05, 0.1) is 20.4 Å². The van der Waals surface area contributed by atoms with E-state index < -0.39 is 43.2 Å². The van der Waals surface area contributed by atoms with Crippen molar-refractivity contribution < 1.29 is 31.3 Å². The average Bonchev–Trinajstić information content (AvgIpc) is 2.70. The van der Waals surface area contributed by atoms with Gasteiger partial charge in [0, 0.05) is 31.3 Å². The highest BCUT2D eigenvalue weighted by Crippen LogP contribution is 2.32. The van der Waals surface area contributed by atoms with Crippen LogP contribution in [0.4, 0.5) is 24.7 Å². The van der Waals surface area contributed by atoms with Crippen LogP contribution in [0.1, 0.15) is 18.4 Å². The molecule has 1 amide bonds. The lowest BCUT2D eigenvalue weighted by Gasteiger charge is -2.11. The number of non-ortho nitro benzene ring substituents is 1. The molecule has 0 aliphatic rings. The molecular formula is C16H15ClF3N5O5S. The lowest BCUT2D eigenvalue weighted by Crippen LogP contribution is -2.41. The number of anilines is 1. The summed E-state index contributed by atoms with van der Waals surface area (Å²) in [5, 5.41) is 13.2. The SMILES string of the molecule is O=C(CCCNc1ncc(C(F)(F)F)cc1Cl)NNS(=O)(=O)c1cccc([N+](=O)[O-])c1. The fourth-order valence-corrected chi connectivity index (χ4v) is 3.32. The molecular weight excluding hydrogens is 467 g/mol. The zero-order chi connectivity index (χ0) is 23.2. The second kappa shape index (κ2) is 9.89. The maximum atomic E-state index is 12.6. The minimum Gasteiger partial charge on any atom is -0.369 e. The van der Waals surface area contributed by atoms with Gasteiger partial charge in [-0.05, 0) is 18.6 Å². The highest BCUT2D eigenvalue weighted by molar-refractivity contribution is 7.89. The summed E-state index contributed by atoms with van der Waals surface area (Å²) in [6.45, 7) is 0.114. The van der Waals surface area contributed by atoms with E-state index in [2.05, 4.69) is 10.3 Å². The number of carbonyl (C=O) groups is 1. The fraction of sp³-hybridized carbons (Fsp3) is 0.250. The number of carbonyl (C=O) groups excluding carboxylic acids is 1. The molecule has 2 aromatic rings. The summed E-state index contributed by atoms with van der Waals surface area (Å²) in [5.41, 5.74) is 0.527. The van der Waals surface area contributed by atoms with E-state index in [9.17, 15) is 36.5 Å². The molecule has 15 heteroatoms. The molecule has 0 bridgehead atoms. The van der Waals surface area contributed by atoms with E-state index >= 15 is 0 Å². The number of rotatable bonds is 9. The lowest BCUT2D eigenvalue weighted by atomic mass is 10.2. The zero-order valence-electron chi connectivity index (χ0n) is 15.4. The molecule has 0 atom stereocenters. The first kappa shape index (κ1) is 24.3. The van der Waals surface area contributed by atoms with Crippen molar-refractivity contribution in [3.63, 3.8) is 0 Å². The van der Waals surface area contributed by atoms with Crippen LogP contribution < -0.4 is 15.6 Å². The molecule has 1 aromatic carbocycles. The van der Waals surface area contributed by atoms with Gasteiger partial charge in [0.15, 0.2) is 0 Å². The van der Waals surface area contributed by atoms with Crippen LogP contribution in [0.15, 0.2) is 41.4 Å². The molecule has 0 saturated heterocycles. The van der Waals surface area contributed by atoms with Crippen LogP contribution in [-0.4, -0.2) is 30.8 Å². The van der Waals surface area contributed by atoms with Crippen LogP contribution >= 0.6 is 11.6 Å². The van der Waals surface area contributed by atoms with Crippen LogP contribution in [0.2, 0.25) is 5.02 Å². The van der Waals surface area contributed by atoms with Crippen LogP contribution in [-0.2, 0) is 21.0 Å². The van der Waals surface area contributed by atoms with Crippen molar-refractivity contribution in [1.82, 2.24) is 15.2 Å². The van der Waals surface area contributed by atoms with Crippen LogP contribution in [0.5, 0.6) is 0 Å². The van der Waals surface area contributed by atoms with Gasteiger partial charge in [-0.2, -0.15) is 13.2 Å². The second-order valence-corrected chi connectivity index (χ2v) is 8.08. The van der Waals surface area contributed by atoms with Crippen LogP contribution in [0, 0.1) is 10.1 Å². The summed E-state index contributed by atoms with van der Waals surface area (Å²) in [6.07, 6.45) is -3.94. The monoisotopic (exact) mass is 481 g/mol. The Kier molecular flexibility index (Phi) is 7.75. The smallest absolute Gasteiger partial charge is 0.369 e. The van der Waals surface area contributed by atoms with Gasteiger partial charge in [0.1, 0.15) is 5.82 Å². The topological polar surface area (TPSA) is 143 Å². The molecule has 0 fully saturated rings. The number of nitro benzene ring substituents is 1. The molecule has 0 saturated carbocycles. The number of amides is 1. The summed E-state index contributed by atoms with van der Waals surface area (Å²) in [6, 6.07) is 4.96. The zero-order valence-corrected chi connectivity index (χ0v) is 17.0. The quantitative estimate of drug-likeness (QED) is 0.284. The average molecular weight is 482 g/mol. The number of nitrogens with zero attached hydrogens (tertiary/aromatic N) is 2. The number of nitrogens with one attached hydrogen (secondary N) is 3. The largest absolute Gasteiger partial charge is 0.417 e. The predicted molar refractivity (Wildman–Crippen MR) is 104 cm³/mol. The first-order valence-corrected chi connectivity index (χ1v) is 10.3. The van der Waals surface area contributed by atoms with E-state index in [1.165, 1.54) is 6.07 Å². The van der Waals surface area contributed by atoms with Gasteiger partial charge >= 0.3 is 6.18 Å². The molecule has 3 N–H and O–H groups in total. The molecule has 1 heterocycles. The Morgan fingerprint density at radius 2 is 1.97 bits per heavy atom. The maximum absolute atomic E-state index is 12.6. The van der Waals surface area contributed by atoms with E-state index in [0.717, 1.165) is 18.2 Å². The van der Waals surface area contributed by atoms with E-state index in [4.69, 9.17) is 11.6 Å². The fourth-order valence-electron chi connectivity index (χ4n) is 2.19. The number of nitro groups is 1. The van der Waals surface area contributed by atoms with Gasteiger partial charge in [0.2, 0.25) is 5.91 Å². The summed E-state index contributed by atoms with van der Waals surface area (Å²) >= 11 is 5.74. The van der Waals surface area contributed by atoms with E-state index in [0.29, 0.717) is 12.3 Å². The van der Waals surface area contributed by atoms with Gasteiger partial charge in [-0.3, -0.25) is 20.3 Å². The van der Waals surface area contributed by atoms with Crippen molar-refractivity contribution in [1.29, 1.82) is 0 Å². The third-order valence-electron chi connectivity index (χ3n) is 3.71. The molecule has 0 aliphatic heterocycles. The summed E-state index contributed by atoms with van der Waals surface area (Å²) in [7, 11) is -4.23. The Labute approximate surface area is 179 Å². The predicted octanol–water partition coefficient (Wildman–Crippen LogP) is 2.86. The Morgan fingerprint density at radius 1 is 1.26 bits per heavy atom. The van der Waals surface area contributed by atoms with Crippen molar-refractivity contribution in [2.24, 2.45) is 0 Å². The maximum Gasteiger partial charge on any atom is 0.417 e. The number of sulfonamides is 1. The standard InChI is InChI=1S/C16H15ClF3N5O5S/c17-13-7-10(16(18,19)20)9-22-15(13)21-6-2-5-14(26)23-24-31(29,30)12-4-1-3-11(8-12)25(27)28/h1,3-4,7-9,24H,2,5-6H2,(H,21,22)(H,23,26). The van der Waals surface area contributed by atoms with Crippen molar-refractivity contribution in [2.75, 3.05) is 11.9 Å². The summed E-state index contributed by atoms with van der Waals surface area (Å²) in [4.78, 5) is 26.7. The number of alkyl halides is 3. The minimum atomic E-state index is -4.58. The molecule has 2 rings (SSSR count).